The lowest BCUT2D eigenvalue weighted by molar-refractivity contribution is 0.0951. The summed E-state index contributed by atoms with van der Waals surface area (Å²) >= 11 is 0. The molecule has 8 heteroatoms. The second-order valence-electron chi connectivity index (χ2n) is 9.04. The van der Waals surface area contributed by atoms with Crippen LogP contribution >= 0.6 is 0 Å². The number of unbranched alkanes of at least 4 members (excludes halogenated alkanes) is 2. The van der Waals surface area contributed by atoms with Gasteiger partial charge in [0.2, 0.25) is 0 Å². The second kappa shape index (κ2) is 12.9. The van der Waals surface area contributed by atoms with E-state index in [-0.39, 0.29) is 10.8 Å². The Morgan fingerprint density at radius 2 is 1.71 bits per heavy atom. The van der Waals surface area contributed by atoms with Gasteiger partial charge in [0, 0.05) is 44.0 Å². The van der Waals surface area contributed by atoms with Crippen LogP contribution in [-0.4, -0.2) is 70.4 Å². The zero-order valence-corrected chi connectivity index (χ0v) is 21.2. The first-order valence-electron chi connectivity index (χ1n) is 12.3. The summed E-state index contributed by atoms with van der Waals surface area (Å²) in [5.41, 5.74) is 2.04. The van der Waals surface area contributed by atoms with E-state index in [0.29, 0.717) is 17.8 Å². The second-order valence-corrected chi connectivity index (χ2v) is 10.7. The molecule has 0 unspecified atom stereocenters. The summed E-state index contributed by atoms with van der Waals surface area (Å²) in [5.74, 6) is -0.253. The maximum atomic E-state index is 12.9. The Hall–Kier alpha value is -2.42. The number of nitrogens with zero attached hydrogens (tertiary/aromatic N) is 2. The number of benzene rings is 2. The van der Waals surface area contributed by atoms with Gasteiger partial charge in [-0.15, -0.1) is 0 Å². The van der Waals surface area contributed by atoms with Crippen molar-refractivity contribution in [3.63, 3.8) is 0 Å². The van der Waals surface area contributed by atoms with E-state index in [2.05, 4.69) is 33.8 Å². The lowest BCUT2D eigenvalue weighted by Crippen LogP contribution is -2.44. The van der Waals surface area contributed by atoms with Crippen LogP contribution in [0.15, 0.2) is 53.4 Å². The van der Waals surface area contributed by atoms with Gasteiger partial charge in [-0.2, -0.15) is 0 Å². The molecule has 34 heavy (non-hydrogen) atoms. The van der Waals surface area contributed by atoms with Crippen LogP contribution in [0.5, 0.6) is 0 Å². The van der Waals surface area contributed by atoms with Crippen LogP contribution in [0.3, 0.4) is 0 Å². The van der Waals surface area contributed by atoms with E-state index >= 15 is 0 Å². The number of anilines is 1. The lowest BCUT2D eigenvalue weighted by atomic mass is 10.1. The van der Waals surface area contributed by atoms with Gasteiger partial charge < -0.3 is 15.1 Å². The summed E-state index contributed by atoms with van der Waals surface area (Å²) in [5, 5.41) is 2.91. The van der Waals surface area contributed by atoms with Gasteiger partial charge in [0.15, 0.2) is 0 Å². The molecule has 0 aromatic heterocycles. The first-order chi connectivity index (χ1) is 16.4. The fourth-order valence-electron chi connectivity index (χ4n) is 3.97. The zero-order valence-electron chi connectivity index (χ0n) is 20.4. The molecule has 0 saturated carbocycles. The van der Waals surface area contributed by atoms with Crippen molar-refractivity contribution in [1.29, 1.82) is 0 Å². The molecule has 1 aliphatic rings. The Morgan fingerprint density at radius 1 is 0.971 bits per heavy atom. The molecule has 1 aliphatic heterocycles. The maximum absolute atomic E-state index is 12.9. The molecule has 3 rings (SSSR count). The first kappa shape index (κ1) is 26.2. The summed E-state index contributed by atoms with van der Waals surface area (Å²) in [6.45, 7) is 8.17. The van der Waals surface area contributed by atoms with Crippen molar-refractivity contribution in [3.8, 4) is 0 Å². The minimum absolute atomic E-state index is 0.0743. The number of aryl methyl sites for hydroxylation is 1. The largest absolute Gasteiger partial charge is 0.352 e. The van der Waals surface area contributed by atoms with Gasteiger partial charge in [0.25, 0.3) is 15.9 Å². The number of likely N-dealkylation sites (N-methyl/N-ethyl adjacent to an activating group) is 1. The van der Waals surface area contributed by atoms with Gasteiger partial charge >= 0.3 is 0 Å². The van der Waals surface area contributed by atoms with Crippen molar-refractivity contribution in [2.24, 2.45) is 0 Å². The predicted molar refractivity (Wildman–Crippen MR) is 138 cm³/mol. The number of carbonyl (C=O) groups excluding carboxylic acids is 1. The number of nitrogens with one attached hydrogen (secondary N) is 2. The molecule has 1 fully saturated rings. The normalized spacial score (nSPS) is 15.2. The van der Waals surface area contributed by atoms with E-state index in [1.807, 2.05) is 12.1 Å². The van der Waals surface area contributed by atoms with Gasteiger partial charge in [-0.25, -0.2) is 8.42 Å². The van der Waals surface area contributed by atoms with E-state index in [4.69, 9.17) is 0 Å². The SMILES string of the molecule is CCCCc1ccc(NS(=O)(=O)c2cccc(C(=O)NCCCCN3CCN(C)CC3)c2)cc1. The minimum Gasteiger partial charge on any atom is -0.352 e. The standard InChI is InChI=1S/C26H38N4O3S/c1-3-4-8-22-11-13-24(14-12-22)28-34(32,33)25-10-7-9-23(21-25)26(31)27-15-5-6-16-30-19-17-29(2)18-20-30/h7,9-14,21,28H,3-6,8,15-20H2,1-2H3,(H,27,31). The number of carbonyl (C=O) groups is 1. The molecule has 7 nitrogen and oxygen atoms in total. The van der Waals surface area contributed by atoms with E-state index in [1.54, 1.807) is 24.3 Å². The third-order valence-corrected chi connectivity index (χ3v) is 7.59. The highest BCUT2D eigenvalue weighted by Gasteiger charge is 2.17. The Labute approximate surface area is 204 Å². The summed E-state index contributed by atoms with van der Waals surface area (Å²) in [6.07, 6.45) is 5.13. The summed E-state index contributed by atoms with van der Waals surface area (Å²) in [7, 11) is -1.64. The van der Waals surface area contributed by atoms with Crippen molar-refractivity contribution in [2.75, 3.05) is 51.0 Å². The third kappa shape index (κ3) is 8.11. The molecule has 1 heterocycles. The summed E-state index contributed by atoms with van der Waals surface area (Å²) in [6, 6.07) is 13.6. The van der Waals surface area contributed by atoms with Crippen LogP contribution in [0.25, 0.3) is 0 Å². The van der Waals surface area contributed by atoms with Gasteiger partial charge in [-0.1, -0.05) is 31.5 Å². The topological polar surface area (TPSA) is 81.7 Å². The van der Waals surface area contributed by atoms with Crippen LogP contribution in [0.4, 0.5) is 5.69 Å². The highest BCUT2D eigenvalue weighted by molar-refractivity contribution is 7.92. The monoisotopic (exact) mass is 486 g/mol. The van der Waals surface area contributed by atoms with Crippen LogP contribution in [0, 0.1) is 0 Å². The lowest BCUT2D eigenvalue weighted by Gasteiger charge is -2.32. The average Bonchev–Trinajstić information content (AvgIpc) is 2.84. The van der Waals surface area contributed by atoms with Gasteiger partial charge in [0.05, 0.1) is 4.90 Å². The predicted octanol–water partition coefficient (Wildman–Crippen LogP) is 3.59. The van der Waals surface area contributed by atoms with Crippen molar-refractivity contribution in [2.45, 2.75) is 43.9 Å². The van der Waals surface area contributed by atoms with E-state index in [0.717, 1.165) is 64.8 Å². The highest BCUT2D eigenvalue weighted by atomic mass is 32.2. The molecule has 1 amide bonds. The minimum atomic E-state index is -3.78. The van der Waals surface area contributed by atoms with Gasteiger partial charge in [-0.05, 0) is 75.2 Å². The van der Waals surface area contributed by atoms with Crippen LogP contribution in [0.2, 0.25) is 0 Å². The van der Waals surface area contributed by atoms with E-state index in [1.165, 1.54) is 17.7 Å². The molecular formula is C26H38N4O3S. The Bertz CT molecular complexity index is 1020. The Morgan fingerprint density at radius 3 is 2.41 bits per heavy atom. The van der Waals surface area contributed by atoms with Crippen molar-refractivity contribution in [3.05, 3.63) is 59.7 Å². The molecule has 186 valence electrons. The number of sulfonamides is 1. The molecular weight excluding hydrogens is 448 g/mol. The van der Waals surface area contributed by atoms with Crippen LogP contribution in [-0.2, 0) is 16.4 Å². The van der Waals surface area contributed by atoms with Crippen molar-refractivity contribution in [1.82, 2.24) is 15.1 Å². The number of rotatable bonds is 12. The molecule has 2 N–H and O–H groups in total. The number of piperazine rings is 1. The fraction of sp³-hybridized carbons (Fsp3) is 0.500. The fourth-order valence-corrected chi connectivity index (χ4v) is 5.08. The average molecular weight is 487 g/mol. The summed E-state index contributed by atoms with van der Waals surface area (Å²) in [4.78, 5) is 17.4. The molecule has 0 radical (unpaired) electrons. The molecule has 2 aromatic carbocycles. The summed E-state index contributed by atoms with van der Waals surface area (Å²) < 4.78 is 28.3. The number of amides is 1. The van der Waals surface area contributed by atoms with Crippen LogP contribution < -0.4 is 10.0 Å². The number of hydrogen-bond donors (Lipinski definition) is 2. The Kier molecular flexibility index (Phi) is 9.92. The van der Waals surface area contributed by atoms with E-state index in [9.17, 15) is 13.2 Å². The third-order valence-electron chi connectivity index (χ3n) is 6.21. The molecule has 0 aliphatic carbocycles. The number of hydrogen-bond acceptors (Lipinski definition) is 5. The van der Waals surface area contributed by atoms with Gasteiger partial charge in [0.1, 0.15) is 0 Å². The molecule has 1 saturated heterocycles. The molecule has 0 bridgehead atoms. The first-order valence-corrected chi connectivity index (χ1v) is 13.8. The Balaban J connectivity index is 1.48. The quantitative estimate of drug-likeness (QED) is 0.448. The van der Waals surface area contributed by atoms with Crippen LogP contribution in [0.1, 0.15) is 48.5 Å². The molecule has 2 aromatic rings. The maximum Gasteiger partial charge on any atom is 0.261 e. The smallest absolute Gasteiger partial charge is 0.261 e. The molecule has 0 spiro atoms. The zero-order chi connectivity index (χ0) is 24.4. The van der Waals surface area contributed by atoms with E-state index < -0.39 is 10.0 Å². The highest BCUT2D eigenvalue weighted by Crippen LogP contribution is 2.18. The van der Waals surface area contributed by atoms with Gasteiger partial charge in [-0.3, -0.25) is 9.52 Å². The van der Waals surface area contributed by atoms with Crippen molar-refractivity contribution < 1.29 is 13.2 Å². The molecule has 0 atom stereocenters. The van der Waals surface area contributed by atoms with Crippen molar-refractivity contribution >= 4 is 21.6 Å².